The molecule has 5 rings (SSSR count). The minimum Gasteiger partial charge on any atom is -0.337 e. The molecule has 0 unspecified atom stereocenters. The van der Waals surface area contributed by atoms with Gasteiger partial charge in [-0.1, -0.05) is 60.7 Å². The van der Waals surface area contributed by atoms with Crippen molar-refractivity contribution in [3.05, 3.63) is 96.4 Å². The van der Waals surface area contributed by atoms with E-state index in [0.717, 1.165) is 28.2 Å². The second kappa shape index (κ2) is 8.41. The van der Waals surface area contributed by atoms with E-state index in [1.54, 1.807) is 23.6 Å². The van der Waals surface area contributed by atoms with Crippen molar-refractivity contribution < 1.29 is 8.42 Å². The highest BCUT2D eigenvalue weighted by atomic mass is 32.2. The van der Waals surface area contributed by atoms with Crippen molar-refractivity contribution in [1.29, 1.82) is 0 Å². The van der Waals surface area contributed by atoms with Gasteiger partial charge in [-0.3, -0.25) is 4.72 Å². The van der Waals surface area contributed by atoms with Crippen LogP contribution < -0.4 is 10.0 Å². The SMILES string of the molecule is O=S(=O)(Nc1nc2ccccc2nc1Nc1ccc(-c2ccccc2)cc1)c1cccs1. The van der Waals surface area contributed by atoms with Crippen LogP contribution in [0.15, 0.2) is 101 Å². The van der Waals surface area contributed by atoms with Crippen molar-refractivity contribution in [2.75, 3.05) is 10.0 Å². The number of rotatable bonds is 6. The lowest BCUT2D eigenvalue weighted by Gasteiger charge is -2.13. The average molecular weight is 459 g/mol. The van der Waals surface area contributed by atoms with E-state index in [0.29, 0.717) is 16.9 Å². The van der Waals surface area contributed by atoms with Gasteiger partial charge in [-0.05, 0) is 46.8 Å². The largest absolute Gasteiger partial charge is 0.337 e. The normalized spacial score (nSPS) is 11.4. The Hall–Kier alpha value is -3.75. The molecule has 2 aromatic heterocycles. The molecule has 3 aromatic carbocycles. The van der Waals surface area contributed by atoms with Crippen molar-refractivity contribution in [2.45, 2.75) is 4.21 Å². The van der Waals surface area contributed by atoms with Crippen molar-refractivity contribution in [1.82, 2.24) is 9.97 Å². The zero-order valence-electron chi connectivity index (χ0n) is 16.8. The molecule has 8 heteroatoms. The van der Waals surface area contributed by atoms with E-state index >= 15 is 0 Å². The fraction of sp³-hybridized carbons (Fsp3) is 0. The lowest BCUT2D eigenvalue weighted by atomic mass is 10.1. The number of benzene rings is 3. The summed E-state index contributed by atoms with van der Waals surface area (Å²) in [6.07, 6.45) is 0. The van der Waals surface area contributed by atoms with Crippen LogP contribution in [-0.4, -0.2) is 18.4 Å². The predicted octanol–water partition coefficient (Wildman–Crippen LogP) is 5.90. The van der Waals surface area contributed by atoms with Crippen LogP contribution in [0.2, 0.25) is 0 Å². The number of aromatic nitrogens is 2. The quantitative estimate of drug-likeness (QED) is 0.331. The number of anilines is 3. The van der Waals surface area contributed by atoms with Crippen molar-refractivity contribution in [3.63, 3.8) is 0 Å². The van der Waals surface area contributed by atoms with Gasteiger partial charge in [-0.15, -0.1) is 11.3 Å². The molecule has 0 spiro atoms. The molecule has 0 aliphatic heterocycles. The van der Waals surface area contributed by atoms with E-state index in [1.807, 2.05) is 60.7 Å². The Labute approximate surface area is 189 Å². The van der Waals surface area contributed by atoms with E-state index < -0.39 is 10.0 Å². The second-order valence-electron chi connectivity index (χ2n) is 7.02. The molecule has 2 N–H and O–H groups in total. The van der Waals surface area contributed by atoms with Crippen LogP contribution in [0.1, 0.15) is 0 Å². The zero-order valence-corrected chi connectivity index (χ0v) is 18.4. The van der Waals surface area contributed by atoms with Crippen LogP contribution >= 0.6 is 11.3 Å². The molecule has 0 amide bonds. The summed E-state index contributed by atoms with van der Waals surface area (Å²) in [5.41, 5.74) is 4.23. The molecule has 0 aliphatic carbocycles. The third-order valence-electron chi connectivity index (χ3n) is 4.82. The molecular weight excluding hydrogens is 440 g/mol. The maximum Gasteiger partial charge on any atom is 0.272 e. The van der Waals surface area contributed by atoms with E-state index in [9.17, 15) is 8.42 Å². The van der Waals surface area contributed by atoms with Crippen LogP contribution in [0, 0.1) is 0 Å². The summed E-state index contributed by atoms with van der Waals surface area (Å²) in [5.74, 6) is 0.473. The number of nitrogens with one attached hydrogen (secondary N) is 2. The van der Waals surface area contributed by atoms with Gasteiger partial charge in [0, 0.05) is 5.69 Å². The number of sulfonamides is 1. The van der Waals surface area contributed by atoms with Crippen LogP contribution in [0.5, 0.6) is 0 Å². The summed E-state index contributed by atoms with van der Waals surface area (Å²) < 4.78 is 28.4. The third kappa shape index (κ3) is 4.18. The molecule has 0 bridgehead atoms. The Morgan fingerprint density at radius 3 is 1.94 bits per heavy atom. The monoisotopic (exact) mass is 458 g/mol. The fourth-order valence-electron chi connectivity index (χ4n) is 3.27. The molecule has 5 aromatic rings. The first-order valence-electron chi connectivity index (χ1n) is 9.84. The molecule has 158 valence electrons. The van der Waals surface area contributed by atoms with Crippen LogP contribution in [0.3, 0.4) is 0 Å². The van der Waals surface area contributed by atoms with Gasteiger partial charge in [0.05, 0.1) is 11.0 Å². The Morgan fingerprint density at radius 1 is 0.656 bits per heavy atom. The fourth-order valence-corrected chi connectivity index (χ4v) is 5.27. The predicted molar refractivity (Wildman–Crippen MR) is 130 cm³/mol. The number of hydrogen-bond donors (Lipinski definition) is 2. The Bertz CT molecular complexity index is 1470. The van der Waals surface area contributed by atoms with Crippen LogP contribution in [-0.2, 0) is 10.0 Å². The average Bonchev–Trinajstić information content (AvgIpc) is 3.37. The molecule has 0 aliphatic rings. The summed E-state index contributed by atoms with van der Waals surface area (Å²) in [5, 5.41) is 4.93. The minimum atomic E-state index is -3.77. The van der Waals surface area contributed by atoms with E-state index in [2.05, 4.69) is 32.1 Å². The summed E-state index contributed by atoms with van der Waals surface area (Å²) in [7, 11) is -3.77. The number of nitrogens with zero attached hydrogens (tertiary/aromatic N) is 2. The molecule has 6 nitrogen and oxygen atoms in total. The molecule has 0 saturated carbocycles. The maximum atomic E-state index is 12.8. The van der Waals surface area contributed by atoms with Crippen LogP contribution in [0.25, 0.3) is 22.2 Å². The second-order valence-corrected chi connectivity index (χ2v) is 9.87. The van der Waals surface area contributed by atoms with Crippen molar-refractivity contribution in [3.8, 4) is 11.1 Å². The zero-order chi connectivity index (χ0) is 22.0. The first-order valence-corrected chi connectivity index (χ1v) is 12.2. The Kier molecular flexibility index (Phi) is 5.30. The van der Waals surface area contributed by atoms with Crippen molar-refractivity contribution in [2.24, 2.45) is 0 Å². The first-order chi connectivity index (χ1) is 15.6. The molecule has 32 heavy (non-hydrogen) atoms. The molecule has 0 saturated heterocycles. The van der Waals surface area contributed by atoms with Crippen LogP contribution in [0.4, 0.5) is 17.3 Å². The molecule has 0 atom stereocenters. The number of fused-ring (bicyclic) bond motifs is 1. The summed E-state index contributed by atoms with van der Waals surface area (Å²) in [4.78, 5) is 9.14. The smallest absolute Gasteiger partial charge is 0.272 e. The van der Waals surface area contributed by atoms with Gasteiger partial charge in [0.1, 0.15) is 4.21 Å². The molecule has 0 fully saturated rings. The minimum absolute atomic E-state index is 0.143. The Morgan fingerprint density at radius 2 is 1.28 bits per heavy atom. The van der Waals surface area contributed by atoms with E-state index in [1.165, 1.54) is 0 Å². The number of hydrogen-bond acceptors (Lipinski definition) is 6. The topological polar surface area (TPSA) is 84.0 Å². The van der Waals surface area contributed by atoms with Gasteiger partial charge in [-0.2, -0.15) is 0 Å². The standard InChI is InChI=1S/C24H18N4O2S2/c29-32(30,22-11-6-16-31-22)28-24-23(26-20-9-4-5-10-21(20)27-24)25-19-14-12-18(13-15-19)17-7-2-1-3-8-17/h1-16H,(H,25,26)(H,27,28). The first kappa shape index (κ1) is 20.2. The summed E-state index contributed by atoms with van der Waals surface area (Å²) >= 11 is 1.14. The lowest BCUT2D eigenvalue weighted by Crippen LogP contribution is -2.15. The lowest BCUT2D eigenvalue weighted by molar-refractivity contribution is 0.603. The highest BCUT2D eigenvalue weighted by Gasteiger charge is 2.20. The van der Waals surface area contributed by atoms with E-state index in [-0.39, 0.29) is 10.0 Å². The molecule has 0 radical (unpaired) electrons. The summed E-state index contributed by atoms with van der Waals surface area (Å²) in [6, 6.07) is 28.5. The number of para-hydroxylation sites is 2. The van der Waals surface area contributed by atoms with Crippen molar-refractivity contribution >= 4 is 49.7 Å². The Balaban J connectivity index is 1.50. The van der Waals surface area contributed by atoms with Gasteiger partial charge < -0.3 is 5.32 Å². The van der Waals surface area contributed by atoms with Gasteiger partial charge in [0.25, 0.3) is 10.0 Å². The third-order valence-corrected chi connectivity index (χ3v) is 7.55. The molecular formula is C24H18N4O2S2. The van der Waals surface area contributed by atoms with E-state index in [4.69, 9.17) is 0 Å². The highest BCUT2D eigenvalue weighted by molar-refractivity contribution is 7.94. The maximum absolute atomic E-state index is 12.8. The number of thiophene rings is 1. The summed E-state index contributed by atoms with van der Waals surface area (Å²) in [6.45, 7) is 0. The van der Waals surface area contributed by atoms with Gasteiger partial charge >= 0.3 is 0 Å². The van der Waals surface area contributed by atoms with Gasteiger partial charge in [0.2, 0.25) is 0 Å². The molecule has 2 heterocycles. The highest BCUT2D eigenvalue weighted by Crippen LogP contribution is 2.29. The van der Waals surface area contributed by atoms with Gasteiger partial charge in [-0.25, -0.2) is 18.4 Å². The van der Waals surface area contributed by atoms with Gasteiger partial charge in [0.15, 0.2) is 11.6 Å².